The van der Waals surface area contributed by atoms with Gasteiger partial charge in [0.1, 0.15) is 0 Å². The molecule has 0 radical (unpaired) electrons. The summed E-state index contributed by atoms with van der Waals surface area (Å²) in [6.45, 7) is 3.54. The average molecular weight is 256 g/mol. The molecule has 0 aromatic rings. The van der Waals surface area contributed by atoms with Crippen LogP contribution in [0.1, 0.15) is 26.2 Å². The van der Waals surface area contributed by atoms with E-state index in [-0.39, 0.29) is 18.1 Å². The van der Waals surface area contributed by atoms with E-state index in [0.717, 1.165) is 26.0 Å². The Kier molecular flexibility index (Phi) is 4.59. The van der Waals surface area contributed by atoms with Gasteiger partial charge in [0, 0.05) is 45.8 Å². The molecule has 1 amide bonds. The molecule has 1 heterocycles. The van der Waals surface area contributed by atoms with E-state index in [1.54, 1.807) is 7.11 Å². The van der Waals surface area contributed by atoms with Crippen LogP contribution in [0.15, 0.2) is 0 Å². The van der Waals surface area contributed by atoms with Gasteiger partial charge in [-0.05, 0) is 19.8 Å². The zero-order valence-electron chi connectivity index (χ0n) is 11.5. The van der Waals surface area contributed by atoms with E-state index in [4.69, 9.17) is 9.47 Å². The largest absolute Gasteiger partial charge is 0.377 e. The second-order valence-corrected chi connectivity index (χ2v) is 5.21. The number of piperidine rings is 1. The summed E-state index contributed by atoms with van der Waals surface area (Å²) < 4.78 is 11.1. The van der Waals surface area contributed by atoms with E-state index in [0.29, 0.717) is 18.5 Å². The molecule has 5 heteroatoms. The minimum absolute atomic E-state index is 0.146. The van der Waals surface area contributed by atoms with Crippen molar-refractivity contribution < 1.29 is 14.3 Å². The fourth-order valence-electron chi connectivity index (χ4n) is 2.89. The Balaban J connectivity index is 1.79. The molecule has 1 saturated heterocycles. The lowest BCUT2D eigenvalue weighted by atomic mass is 9.84. The standard InChI is InChI=1S/C13H24N2O3/c1-4-18-11-7-10(13(11)17-3)14-9-5-6-12(16)15(2)8-9/h9-11,13-14H,4-8H2,1-3H3. The summed E-state index contributed by atoms with van der Waals surface area (Å²) in [5, 5.41) is 3.60. The first kappa shape index (κ1) is 13.8. The fraction of sp³-hybridized carbons (Fsp3) is 0.923. The number of amides is 1. The maximum absolute atomic E-state index is 11.4. The molecule has 18 heavy (non-hydrogen) atoms. The molecule has 2 fully saturated rings. The van der Waals surface area contributed by atoms with Gasteiger partial charge in [0.25, 0.3) is 0 Å². The number of nitrogens with one attached hydrogen (secondary N) is 1. The molecule has 0 spiro atoms. The van der Waals surface area contributed by atoms with Crippen molar-refractivity contribution in [3.63, 3.8) is 0 Å². The first-order chi connectivity index (χ1) is 8.65. The van der Waals surface area contributed by atoms with Crippen molar-refractivity contribution in [3.8, 4) is 0 Å². The van der Waals surface area contributed by atoms with E-state index in [2.05, 4.69) is 5.32 Å². The van der Waals surface area contributed by atoms with Crippen LogP contribution in [-0.2, 0) is 14.3 Å². The molecular formula is C13H24N2O3. The predicted molar refractivity (Wildman–Crippen MR) is 68.4 cm³/mol. The molecule has 4 atom stereocenters. The van der Waals surface area contributed by atoms with Crippen LogP contribution in [0.25, 0.3) is 0 Å². The lowest BCUT2D eigenvalue weighted by Crippen LogP contribution is -2.63. The molecule has 2 aliphatic rings. The quantitative estimate of drug-likeness (QED) is 0.773. The van der Waals surface area contributed by atoms with Crippen LogP contribution in [0.4, 0.5) is 0 Å². The molecular weight excluding hydrogens is 232 g/mol. The van der Waals surface area contributed by atoms with Gasteiger partial charge in [-0.1, -0.05) is 0 Å². The summed E-state index contributed by atoms with van der Waals surface area (Å²) in [7, 11) is 3.61. The number of carbonyl (C=O) groups excluding carboxylic acids is 1. The summed E-state index contributed by atoms with van der Waals surface area (Å²) in [5.74, 6) is 0.247. The summed E-state index contributed by atoms with van der Waals surface area (Å²) >= 11 is 0. The van der Waals surface area contributed by atoms with Gasteiger partial charge in [0.05, 0.1) is 12.2 Å². The van der Waals surface area contributed by atoms with E-state index >= 15 is 0 Å². The van der Waals surface area contributed by atoms with Gasteiger partial charge in [0.15, 0.2) is 0 Å². The monoisotopic (exact) mass is 256 g/mol. The molecule has 1 N–H and O–H groups in total. The molecule has 5 nitrogen and oxygen atoms in total. The van der Waals surface area contributed by atoms with E-state index in [9.17, 15) is 4.79 Å². The lowest BCUT2D eigenvalue weighted by molar-refractivity contribution is -0.139. The zero-order valence-corrected chi connectivity index (χ0v) is 11.5. The highest BCUT2D eigenvalue weighted by Crippen LogP contribution is 2.28. The summed E-state index contributed by atoms with van der Waals surface area (Å²) in [4.78, 5) is 13.2. The van der Waals surface area contributed by atoms with Gasteiger partial charge in [0.2, 0.25) is 5.91 Å². The zero-order chi connectivity index (χ0) is 13.1. The van der Waals surface area contributed by atoms with Gasteiger partial charge < -0.3 is 19.7 Å². The van der Waals surface area contributed by atoms with Gasteiger partial charge in [-0.3, -0.25) is 4.79 Å². The number of nitrogens with zero attached hydrogens (tertiary/aromatic N) is 1. The highest BCUT2D eigenvalue weighted by atomic mass is 16.5. The minimum Gasteiger partial charge on any atom is -0.377 e. The number of hydrogen-bond acceptors (Lipinski definition) is 4. The van der Waals surface area contributed by atoms with Crippen molar-refractivity contribution >= 4 is 5.91 Å². The fourth-order valence-corrected chi connectivity index (χ4v) is 2.89. The molecule has 2 rings (SSSR count). The Morgan fingerprint density at radius 2 is 2.28 bits per heavy atom. The number of likely N-dealkylation sites (tertiary alicyclic amines) is 1. The van der Waals surface area contributed by atoms with Gasteiger partial charge in [-0.25, -0.2) is 0 Å². The van der Waals surface area contributed by atoms with Crippen LogP contribution in [-0.4, -0.2) is 62.4 Å². The van der Waals surface area contributed by atoms with Crippen LogP contribution < -0.4 is 5.32 Å². The van der Waals surface area contributed by atoms with Gasteiger partial charge in [-0.15, -0.1) is 0 Å². The van der Waals surface area contributed by atoms with Crippen LogP contribution in [0.2, 0.25) is 0 Å². The Labute approximate surface area is 109 Å². The average Bonchev–Trinajstić information content (AvgIpc) is 2.32. The summed E-state index contributed by atoms with van der Waals surface area (Å²) in [5.41, 5.74) is 0. The van der Waals surface area contributed by atoms with E-state index in [1.807, 2.05) is 18.9 Å². The van der Waals surface area contributed by atoms with Crippen molar-refractivity contribution in [3.05, 3.63) is 0 Å². The second-order valence-electron chi connectivity index (χ2n) is 5.21. The summed E-state index contributed by atoms with van der Waals surface area (Å²) in [6.07, 6.45) is 2.94. The first-order valence-electron chi connectivity index (χ1n) is 6.80. The van der Waals surface area contributed by atoms with Crippen molar-refractivity contribution in [2.45, 2.75) is 50.5 Å². The van der Waals surface area contributed by atoms with Gasteiger partial charge in [-0.2, -0.15) is 0 Å². The van der Waals surface area contributed by atoms with Crippen molar-refractivity contribution in [2.75, 3.05) is 27.3 Å². The Bertz CT molecular complexity index is 298. The highest BCUT2D eigenvalue weighted by Gasteiger charge is 2.43. The lowest BCUT2D eigenvalue weighted by Gasteiger charge is -2.46. The molecule has 4 unspecified atom stereocenters. The third kappa shape index (κ3) is 2.84. The van der Waals surface area contributed by atoms with E-state index in [1.165, 1.54) is 0 Å². The maximum atomic E-state index is 11.4. The smallest absolute Gasteiger partial charge is 0.222 e. The molecule has 0 bridgehead atoms. The van der Waals surface area contributed by atoms with Crippen molar-refractivity contribution in [1.82, 2.24) is 10.2 Å². The SMILES string of the molecule is CCOC1CC(NC2CCC(=O)N(C)C2)C1OC. The van der Waals surface area contributed by atoms with Crippen molar-refractivity contribution in [1.29, 1.82) is 0 Å². The number of methoxy groups -OCH3 is 1. The molecule has 0 aromatic heterocycles. The molecule has 1 aliphatic carbocycles. The third-order valence-electron chi connectivity index (χ3n) is 3.98. The Hall–Kier alpha value is -0.650. The molecule has 104 valence electrons. The number of hydrogen-bond donors (Lipinski definition) is 1. The predicted octanol–water partition coefficient (Wildman–Crippen LogP) is 0.389. The second kappa shape index (κ2) is 5.99. The highest BCUT2D eigenvalue weighted by molar-refractivity contribution is 5.76. The van der Waals surface area contributed by atoms with Gasteiger partial charge >= 0.3 is 0 Å². The maximum Gasteiger partial charge on any atom is 0.222 e. The Morgan fingerprint density at radius 1 is 1.50 bits per heavy atom. The van der Waals surface area contributed by atoms with Crippen LogP contribution >= 0.6 is 0 Å². The normalized spacial score (nSPS) is 36.6. The molecule has 1 saturated carbocycles. The number of ether oxygens (including phenoxy) is 2. The van der Waals surface area contributed by atoms with E-state index < -0.39 is 0 Å². The minimum atomic E-state index is 0.146. The molecule has 1 aliphatic heterocycles. The first-order valence-corrected chi connectivity index (χ1v) is 6.80. The summed E-state index contributed by atoms with van der Waals surface area (Å²) in [6, 6.07) is 0.746. The third-order valence-corrected chi connectivity index (χ3v) is 3.98. The number of carbonyl (C=O) groups is 1. The van der Waals surface area contributed by atoms with Crippen molar-refractivity contribution in [2.24, 2.45) is 0 Å². The topological polar surface area (TPSA) is 50.8 Å². The number of likely N-dealkylation sites (N-methyl/N-ethyl adjacent to an activating group) is 1. The van der Waals surface area contributed by atoms with Crippen LogP contribution in [0, 0.1) is 0 Å². The number of rotatable bonds is 5. The molecule has 0 aromatic carbocycles. The van der Waals surface area contributed by atoms with Crippen LogP contribution in [0.3, 0.4) is 0 Å². The Morgan fingerprint density at radius 3 is 2.89 bits per heavy atom. The van der Waals surface area contributed by atoms with Crippen LogP contribution in [0.5, 0.6) is 0 Å².